The monoisotopic (exact) mass is 282 g/mol. The van der Waals surface area contributed by atoms with E-state index in [0.717, 1.165) is 11.5 Å². The van der Waals surface area contributed by atoms with Crippen LogP contribution < -0.4 is 5.32 Å². The number of nitrogens with zero attached hydrogens (tertiary/aromatic N) is 1. The van der Waals surface area contributed by atoms with Gasteiger partial charge in [-0.1, -0.05) is 6.08 Å². The molecule has 0 bridgehead atoms. The average molecular weight is 282 g/mol. The predicted octanol–water partition coefficient (Wildman–Crippen LogP) is 1.36. The van der Waals surface area contributed by atoms with Gasteiger partial charge in [0, 0.05) is 5.41 Å². The molecule has 2 heterocycles. The Morgan fingerprint density at radius 2 is 1.72 bits per heavy atom. The van der Waals surface area contributed by atoms with E-state index in [9.17, 15) is 26.0 Å². The standard InChI is InChI=1S/C9H6F4N2O2S/c10-5-7(6(11)9(13)15-8(5)12)14-4-1-2-18(16,17)3-4/h1-2,4H,3H2,(H,14,15). The van der Waals surface area contributed by atoms with Crippen LogP contribution in [0.2, 0.25) is 0 Å². The summed E-state index contributed by atoms with van der Waals surface area (Å²) in [5, 5.41) is 2.93. The van der Waals surface area contributed by atoms with Crippen LogP contribution in [0.15, 0.2) is 11.5 Å². The molecule has 0 radical (unpaired) electrons. The first kappa shape index (κ1) is 12.8. The zero-order valence-electron chi connectivity index (χ0n) is 8.62. The average Bonchev–Trinajstić information content (AvgIpc) is 2.62. The number of pyridine rings is 1. The lowest BCUT2D eigenvalue weighted by atomic mass is 10.3. The van der Waals surface area contributed by atoms with E-state index in [4.69, 9.17) is 0 Å². The minimum Gasteiger partial charge on any atom is -0.373 e. The molecule has 9 heteroatoms. The summed E-state index contributed by atoms with van der Waals surface area (Å²) in [7, 11) is -3.45. The molecule has 0 saturated carbocycles. The molecule has 0 aliphatic carbocycles. The van der Waals surface area contributed by atoms with Gasteiger partial charge in [0.05, 0.1) is 11.8 Å². The molecular formula is C9H6F4N2O2S. The molecule has 0 aromatic carbocycles. The molecule has 1 unspecified atom stereocenters. The molecule has 4 nitrogen and oxygen atoms in total. The van der Waals surface area contributed by atoms with Crippen LogP contribution in [0.3, 0.4) is 0 Å². The maximum atomic E-state index is 13.2. The maximum Gasteiger partial charge on any atom is 0.253 e. The zero-order chi connectivity index (χ0) is 13.5. The number of anilines is 1. The molecular weight excluding hydrogens is 276 g/mol. The molecule has 1 aromatic heterocycles. The SMILES string of the molecule is O=S1(=O)C=CC(Nc2c(F)c(F)nc(F)c2F)C1. The second-order valence-electron chi connectivity index (χ2n) is 3.61. The summed E-state index contributed by atoms with van der Waals surface area (Å²) < 4.78 is 74.1. The lowest BCUT2D eigenvalue weighted by Gasteiger charge is -2.13. The number of hydrogen-bond donors (Lipinski definition) is 1. The Kier molecular flexibility index (Phi) is 3.01. The highest BCUT2D eigenvalue weighted by Crippen LogP contribution is 2.24. The van der Waals surface area contributed by atoms with Gasteiger partial charge >= 0.3 is 0 Å². The highest BCUT2D eigenvalue weighted by atomic mass is 32.2. The summed E-state index contributed by atoms with van der Waals surface area (Å²) in [4.78, 5) is 2.38. The Bertz CT molecular complexity index is 604. The quantitative estimate of drug-likeness (QED) is 0.657. The van der Waals surface area contributed by atoms with Gasteiger partial charge in [0.15, 0.2) is 9.84 Å². The fraction of sp³-hybridized carbons (Fsp3) is 0.222. The van der Waals surface area contributed by atoms with Crippen LogP contribution in [0.1, 0.15) is 0 Å². The third-order valence-electron chi connectivity index (χ3n) is 2.26. The second-order valence-corrected chi connectivity index (χ2v) is 5.54. The van der Waals surface area contributed by atoms with E-state index in [2.05, 4.69) is 10.3 Å². The van der Waals surface area contributed by atoms with E-state index in [-0.39, 0.29) is 0 Å². The van der Waals surface area contributed by atoms with Crippen LogP contribution in [-0.2, 0) is 9.84 Å². The Labute approximate surface area is 99.3 Å². The van der Waals surface area contributed by atoms with Crippen LogP contribution in [0.25, 0.3) is 0 Å². The number of hydrogen-bond acceptors (Lipinski definition) is 4. The van der Waals surface area contributed by atoms with Crippen molar-refractivity contribution in [2.24, 2.45) is 0 Å². The molecule has 98 valence electrons. The Balaban J connectivity index is 2.33. The molecule has 0 spiro atoms. The van der Waals surface area contributed by atoms with Gasteiger partial charge < -0.3 is 5.32 Å². The molecule has 18 heavy (non-hydrogen) atoms. The summed E-state index contributed by atoms with van der Waals surface area (Å²) in [6, 6.07) is -0.958. The number of nitrogens with one attached hydrogen (secondary N) is 1. The summed E-state index contributed by atoms with van der Waals surface area (Å²) in [6.07, 6.45) is 1.13. The van der Waals surface area contributed by atoms with Crippen LogP contribution >= 0.6 is 0 Å². The lowest BCUT2D eigenvalue weighted by molar-refractivity contribution is 0.410. The van der Waals surface area contributed by atoms with E-state index in [0.29, 0.717) is 0 Å². The molecule has 0 amide bonds. The molecule has 1 aliphatic heterocycles. The van der Waals surface area contributed by atoms with Gasteiger partial charge in [-0.05, 0) is 0 Å². The first-order valence-electron chi connectivity index (χ1n) is 4.67. The van der Waals surface area contributed by atoms with Gasteiger partial charge in [0.25, 0.3) is 11.9 Å². The number of halogens is 4. The molecule has 2 rings (SSSR count). The minimum atomic E-state index is -3.45. The van der Waals surface area contributed by atoms with Gasteiger partial charge in [0.1, 0.15) is 5.69 Å². The molecule has 0 fully saturated rings. The highest BCUT2D eigenvalue weighted by molar-refractivity contribution is 7.94. The topological polar surface area (TPSA) is 59.1 Å². The zero-order valence-corrected chi connectivity index (χ0v) is 9.44. The van der Waals surface area contributed by atoms with E-state index in [1.807, 2.05) is 0 Å². The molecule has 0 saturated heterocycles. The van der Waals surface area contributed by atoms with Crippen LogP contribution in [0.4, 0.5) is 23.2 Å². The van der Waals surface area contributed by atoms with Crippen LogP contribution in [0.5, 0.6) is 0 Å². The third-order valence-corrected chi connectivity index (χ3v) is 3.65. The molecule has 1 aliphatic rings. The first-order chi connectivity index (χ1) is 8.30. The summed E-state index contributed by atoms with van der Waals surface area (Å²) >= 11 is 0. The van der Waals surface area contributed by atoms with Crippen molar-refractivity contribution >= 4 is 15.5 Å². The molecule has 1 atom stereocenters. The minimum absolute atomic E-state index is 0.447. The van der Waals surface area contributed by atoms with Crippen molar-refractivity contribution in [3.63, 3.8) is 0 Å². The van der Waals surface area contributed by atoms with Crippen LogP contribution in [0, 0.1) is 23.5 Å². The summed E-state index contributed by atoms with van der Waals surface area (Å²) in [6.45, 7) is 0. The number of aromatic nitrogens is 1. The van der Waals surface area contributed by atoms with Crippen molar-refractivity contribution in [1.29, 1.82) is 0 Å². The van der Waals surface area contributed by atoms with Gasteiger partial charge in [0.2, 0.25) is 11.6 Å². The largest absolute Gasteiger partial charge is 0.373 e. The van der Waals surface area contributed by atoms with E-state index < -0.39 is 50.8 Å². The van der Waals surface area contributed by atoms with E-state index in [1.165, 1.54) is 0 Å². The Morgan fingerprint density at radius 1 is 1.17 bits per heavy atom. The third kappa shape index (κ3) is 2.30. The summed E-state index contributed by atoms with van der Waals surface area (Å²) in [5.41, 5.74) is -1.08. The van der Waals surface area contributed by atoms with E-state index >= 15 is 0 Å². The Hall–Kier alpha value is -1.64. The first-order valence-corrected chi connectivity index (χ1v) is 6.39. The number of rotatable bonds is 2. The predicted molar refractivity (Wildman–Crippen MR) is 54.4 cm³/mol. The maximum absolute atomic E-state index is 13.2. The fourth-order valence-corrected chi connectivity index (χ4v) is 2.70. The van der Waals surface area contributed by atoms with Crippen LogP contribution in [-0.4, -0.2) is 25.2 Å². The number of sulfone groups is 1. The van der Waals surface area contributed by atoms with Gasteiger partial charge in [-0.25, -0.2) is 8.42 Å². The Morgan fingerprint density at radius 3 is 2.17 bits per heavy atom. The van der Waals surface area contributed by atoms with Gasteiger partial charge in [-0.3, -0.25) is 0 Å². The molecule has 1 aromatic rings. The highest BCUT2D eigenvalue weighted by Gasteiger charge is 2.26. The van der Waals surface area contributed by atoms with Crippen molar-refractivity contribution in [2.75, 3.05) is 11.1 Å². The smallest absolute Gasteiger partial charge is 0.253 e. The van der Waals surface area contributed by atoms with Gasteiger partial charge in [-0.15, -0.1) is 0 Å². The fourth-order valence-electron chi connectivity index (χ4n) is 1.46. The van der Waals surface area contributed by atoms with E-state index in [1.54, 1.807) is 0 Å². The lowest BCUT2D eigenvalue weighted by Crippen LogP contribution is -2.23. The van der Waals surface area contributed by atoms with Gasteiger partial charge in [-0.2, -0.15) is 22.5 Å². The summed E-state index contributed by atoms with van der Waals surface area (Å²) in [5.74, 6) is -7.46. The van der Waals surface area contributed by atoms with Crippen molar-refractivity contribution in [3.8, 4) is 0 Å². The molecule has 1 N–H and O–H groups in total. The normalized spacial score (nSPS) is 21.2. The van der Waals surface area contributed by atoms with Crippen molar-refractivity contribution in [1.82, 2.24) is 4.98 Å². The van der Waals surface area contributed by atoms with Crippen molar-refractivity contribution in [3.05, 3.63) is 35.0 Å². The van der Waals surface area contributed by atoms with Crippen molar-refractivity contribution in [2.45, 2.75) is 6.04 Å². The second kappa shape index (κ2) is 4.23. The van der Waals surface area contributed by atoms with Crippen molar-refractivity contribution < 1.29 is 26.0 Å².